The van der Waals surface area contributed by atoms with Crippen molar-refractivity contribution >= 4 is 7.80 Å². The molecule has 86 valence electrons. The van der Waals surface area contributed by atoms with Crippen LogP contribution in [0.1, 0.15) is 22.3 Å². The van der Waals surface area contributed by atoms with Crippen LogP contribution in [0.3, 0.4) is 0 Å². The van der Waals surface area contributed by atoms with E-state index in [0.29, 0.717) is 0 Å². The highest BCUT2D eigenvalue weighted by molar-refractivity contribution is 7.42. The van der Waals surface area contributed by atoms with Gasteiger partial charge in [0.1, 0.15) is 0 Å². The Kier molecular flexibility index (Phi) is 2.86. The van der Waals surface area contributed by atoms with E-state index < -0.39 is 7.80 Å². The second-order valence-electron chi connectivity index (χ2n) is 4.61. The van der Waals surface area contributed by atoms with Gasteiger partial charge in [0.15, 0.2) is 0 Å². The molecule has 0 spiro atoms. The third-order valence-electron chi connectivity index (χ3n) is 3.39. The lowest BCUT2D eigenvalue weighted by Gasteiger charge is -2.16. The zero-order chi connectivity index (χ0) is 11.7. The van der Waals surface area contributed by atoms with Crippen molar-refractivity contribution in [2.24, 2.45) is 0 Å². The Hall–Kier alpha value is -1.33. The third kappa shape index (κ3) is 2.21. The first-order valence-electron chi connectivity index (χ1n) is 5.98. The minimum Gasteiger partial charge on any atom is -0.326 e. The Bertz CT molecular complexity index is 525. The van der Waals surface area contributed by atoms with E-state index in [9.17, 15) is 4.57 Å². The molecular weight excluding hydrogens is 227 g/mol. The van der Waals surface area contributed by atoms with Crippen LogP contribution >= 0.6 is 7.80 Å². The van der Waals surface area contributed by atoms with Crippen LogP contribution in [0, 0.1) is 0 Å². The molecule has 0 radical (unpaired) electrons. The zero-order valence-electron chi connectivity index (χ0n) is 9.65. The first-order valence-corrected chi connectivity index (χ1v) is 7.80. The predicted molar refractivity (Wildman–Crippen MR) is 72.1 cm³/mol. The average molecular weight is 242 g/mol. The van der Waals surface area contributed by atoms with Gasteiger partial charge >= 0.3 is 0 Å². The molecular formula is C15H15OP. The third-order valence-corrected chi connectivity index (χ3v) is 4.94. The van der Waals surface area contributed by atoms with E-state index in [1.165, 1.54) is 22.3 Å². The van der Waals surface area contributed by atoms with Gasteiger partial charge in [-0.05, 0) is 28.7 Å². The van der Waals surface area contributed by atoms with Crippen molar-refractivity contribution in [1.82, 2.24) is 0 Å². The molecule has 0 unspecified atom stereocenters. The lowest BCUT2D eigenvalue weighted by Crippen LogP contribution is -2.01. The summed E-state index contributed by atoms with van der Waals surface area (Å²) < 4.78 is 12.1. The summed E-state index contributed by atoms with van der Waals surface area (Å²) in [6.07, 6.45) is 2.49. The number of hydrogen-bond acceptors (Lipinski definition) is 1. The van der Waals surface area contributed by atoms with E-state index in [1.807, 2.05) is 12.1 Å². The van der Waals surface area contributed by atoms with Gasteiger partial charge in [0.25, 0.3) is 0 Å². The smallest absolute Gasteiger partial charge is 0.0846 e. The monoisotopic (exact) mass is 242 g/mol. The van der Waals surface area contributed by atoms with Gasteiger partial charge in [0.2, 0.25) is 0 Å². The van der Waals surface area contributed by atoms with E-state index >= 15 is 0 Å². The van der Waals surface area contributed by atoms with Crippen LogP contribution in [0.25, 0.3) is 0 Å². The second kappa shape index (κ2) is 4.50. The quantitative estimate of drug-likeness (QED) is 0.641. The van der Waals surface area contributed by atoms with Crippen LogP contribution in [0.2, 0.25) is 0 Å². The normalized spacial score (nSPS) is 15.5. The van der Waals surface area contributed by atoms with Crippen molar-refractivity contribution in [2.45, 2.75) is 18.7 Å². The standard InChI is InChI=1S/C15H15OP/c16-17-10-14-7-3-1-5-12(14)9-13-6-2-4-8-15(13)11-17/h1-8,17H,9-11H2. The molecule has 2 aromatic rings. The van der Waals surface area contributed by atoms with E-state index in [4.69, 9.17) is 0 Å². The highest BCUT2D eigenvalue weighted by atomic mass is 31.1. The molecule has 0 saturated heterocycles. The van der Waals surface area contributed by atoms with Crippen molar-refractivity contribution in [3.63, 3.8) is 0 Å². The summed E-state index contributed by atoms with van der Waals surface area (Å²) in [5, 5.41) is 0. The largest absolute Gasteiger partial charge is 0.326 e. The maximum Gasteiger partial charge on any atom is 0.0846 e. The fraction of sp³-hybridized carbons (Fsp3) is 0.200. The van der Waals surface area contributed by atoms with Gasteiger partial charge in [0, 0.05) is 12.3 Å². The van der Waals surface area contributed by atoms with Crippen molar-refractivity contribution in [3.8, 4) is 0 Å². The Morgan fingerprint density at radius 3 is 1.59 bits per heavy atom. The Labute approximate surface area is 102 Å². The molecule has 17 heavy (non-hydrogen) atoms. The van der Waals surface area contributed by atoms with Crippen LogP contribution in [0.4, 0.5) is 0 Å². The number of fused-ring (bicyclic) bond motifs is 2. The number of rotatable bonds is 0. The molecule has 1 heterocycles. The summed E-state index contributed by atoms with van der Waals surface area (Å²) in [7, 11) is -1.53. The highest BCUT2D eigenvalue weighted by Crippen LogP contribution is 2.36. The highest BCUT2D eigenvalue weighted by Gasteiger charge is 2.14. The summed E-state index contributed by atoms with van der Waals surface area (Å²) in [6, 6.07) is 16.8. The molecule has 0 bridgehead atoms. The minimum absolute atomic E-state index is 0.759. The number of hydrogen-bond donors (Lipinski definition) is 0. The maximum atomic E-state index is 12.1. The topological polar surface area (TPSA) is 17.1 Å². The van der Waals surface area contributed by atoms with E-state index in [0.717, 1.165) is 18.7 Å². The Morgan fingerprint density at radius 1 is 0.706 bits per heavy atom. The molecule has 0 aromatic heterocycles. The van der Waals surface area contributed by atoms with Crippen LogP contribution in [0.5, 0.6) is 0 Å². The Balaban J connectivity index is 2.12. The predicted octanol–water partition coefficient (Wildman–Crippen LogP) is 3.85. The van der Waals surface area contributed by atoms with Crippen molar-refractivity contribution in [3.05, 3.63) is 70.8 Å². The summed E-state index contributed by atoms with van der Waals surface area (Å²) in [4.78, 5) is 0. The van der Waals surface area contributed by atoms with Gasteiger partial charge < -0.3 is 4.57 Å². The molecule has 3 rings (SSSR count). The van der Waals surface area contributed by atoms with E-state index in [2.05, 4.69) is 36.4 Å². The molecule has 2 aromatic carbocycles. The lowest BCUT2D eigenvalue weighted by molar-refractivity contribution is 0.586. The van der Waals surface area contributed by atoms with Crippen molar-refractivity contribution in [2.75, 3.05) is 0 Å². The summed E-state index contributed by atoms with van der Waals surface area (Å²) >= 11 is 0. The van der Waals surface area contributed by atoms with Gasteiger partial charge in [0.05, 0.1) is 7.80 Å². The van der Waals surface area contributed by atoms with E-state index in [1.54, 1.807) is 0 Å². The zero-order valence-corrected chi connectivity index (χ0v) is 10.6. The molecule has 0 aliphatic carbocycles. The molecule has 1 nitrogen and oxygen atoms in total. The average Bonchev–Trinajstić information content (AvgIpc) is 2.31. The minimum atomic E-state index is -1.53. The summed E-state index contributed by atoms with van der Waals surface area (Å²) in [6.45, 7) is 0. The summed E-state index contributed by atoms with van der Waals surface area (Å²) in [5.41, 5.74) is 5.20. The van der Waals surface area contributed by atoms with Crippen molar-refractivity contribution < 1.29 is 4.57 Å². The van der Waals surface area contributed by atoms with Crippen LogP contribution in [-0.4, -0.2) is 0 Å². The molecule has 0 amide bonds. The van der Waals surface area contributed by atoms with Gasteiger partial charge in [-0.2, -0.15) is 0 Å². The first kappa shape index (κ1) is 10.8. The van der Waals surface area contributed by atoms with Crippen LogP contribution in [-0.2, 0) is 23.3 Å². The molecule has 2 heteroatoms. The van der Waals surface area contributed by atoms with Gasteiger partial charge in [-0.25, -0.2) is 0 Å². The van der Waals surface area contributed by atoms with Gasteiger partial charge in [-0.3, -0.25) is 0 Å². The molecule has 0 atom stereocenters. The van der Waals surface area contributed by atoms with Gasteiger partial charge in [-0.1, -0.05) is 48.5 Å². The fourth-order valence-corrected chi connectivity index (χ4v) is 4.16. The fourth-order valence-electron chi connectivity index (χ4n) is 2.50. The maximum absolute atomic E-state index is 12.1. The van der Waals surface area contributed by atoms with Gasteiger partial charge in [-0.15, -0.1) is 0 Å². The first-order chi connectivity index (χ1) is 8.33. The Morgan fingerprint density at radius 2 is 1.12 bits per heavy atom. The molecule has 0 N–H and O–H groups in total. The lowest BCUT2D eigenvalue weighted by atomic mass is 9.97. The van der Waals surface area contributed by atoms with Crippen LogP contribution in [0.15, 0.2) is 48.5 Å². The van der Waals surface area contributed by atoms with E-state index in [-0.39, 0.29) is 0 Å². The molecule has 1 aliphatic rings. The molecule has 0 saturated carbocycles. The molecule has 0 fully saturated rings. The second-order valence-corrected chi connectivity index (χ2v) is 6.39. The summed E-state index contributed by atoms with van der Waals surface area (Å²) in [5.74, 6) is 0. The van der Waals surface area contributed by atoms with Crippen LogP contribution < -0.4 is 0 Å². The number of benzene rings is 2. The SMILES string of the molecule is O=[PH]1Cc2ccccc2Cc2ccccc2C1. The molecule has 1 aliphatic heterocycles. The van der Waals surface area contributed by atoms with Crippen molar-refractivity contribution in [1.29, 1.82) is 0 Å².